The monoisotopic (exact) mass is 264 g/mol. The van der Waals surface area contributed by atoms with Gasteiger partial charge in [0.25, 0.3) is 0 Å². The topological polar surface area (TPSA) is 50.4 Å². The lowest BCUT2D eigenvalue weighted by Crippen LogP contribution is -2.49. The van der Waals surface area contributed by atoms with Crippen molar-refractivity contribution < 1.29 is 9.53 Å². The van der Waals surface area contributed by atoms with Crippen LogP contribution in [-0.4, -0.2) is 38.8 Å². The molecule has 0 aromatic rings. The van der Waals surface area contributed by atoms with Gasteiger partial charge < -0.3 is 15.4 Å². The second-order valence-corrected chi connectivity index (χ2v) is 4.46. The molecule has 0 aromatic carbocycles. The third-order valence-corrected chi connectivity index (χ3v) is 3.12. The fourth-order valence-corrected chi connectivity index (χ4v) is 1.63. The van der Waals surface area contributed by atoms with Crippen molar-refractivity contribution in [1.29, 1.82) is 0 Å². The molecule has 0 radical (unpaired) electrons. The zero-order valence-corrected chi connectivity index (χ0v) is 11.6. The second kappa shape index (κ2) is 9.68. The van der Waals surface area contributed by atoms with Gasteiger partial charge in [-0.05, 0) is 25.4 Å². The smallest absolute Gasteiger partial charge is 0.223 e. The highest BCUT2D eigenvalue weighted by molar-refractivity contribution is 5.85. The number of hydrogen-bond donors (Lipinski definition) is 2. The third-order valence-electron chi connectivity index (χ3n) is 3.12. The van der Waals surface area contributed by atoms with Crippen LogP contribution in [-0.2, 0) is 9.53 Å². The summed E-state index contributed by atoms with van der Waals surface area (Å²) >= 11 is 0. The molecule has 1 rings (SSSR count). The van der Waals surface area contributed by atoms with Gasteiger partial charge in [0.2, 0.25) is 5.91 Å². The number of amides is 1. The van der Waals surface area contributed by atoms with Gasteiger partial charge in [-0.2, -0.15) is 0 Å². The van der Waals surface area contributed by atoms with E-state index in [-0.39, 0.29) is 24.2 Å². The van der Waals surface area contributed by atoms with E-state index in [9.17, 15) is 4.79 Å². The predicted molar refractivity (Wildman–Crippen MR) is 71.5 cm³/mol. The summed E-state index contributed by atoms with van der Waals surface area (Å²) < 4.78 is 5.38. The first kappa shape index (κ1) is 16.7. The molecule has 1 atom stereocenters. The molecule has 102 valence electrons. The van der Waals surface area contributed by atoms with Crippen LogP contribution < -0.4 is 10.6 Å². The van der Waals surface area contributed by atoms with Crippen molar-refractivity contribution in [3.63, 3.8) is 0 Å². The lowest BCUT2D eigenvalue weighted by Gasteiger charge is -2.31. The molecule has 4 nitrogen and oxygen atoms in total. The van der Waals surface area contributed by atoms with Gasteiger partial charge in [-0.25, -0.2) is 0 Å². The maximum absolute atomic E-state index is 11.7. The van der Waals surface area contributed by atoms with Gasteiger partial charge in [-0.15, -0.1) is 12.4 Å². The maximum Gasteiger partial charge on any atom is 0.223 e. The van der Waals surface area contributed by atoms with Crippen molar-refractivity contribution in [3.05, 3.63) is 0 Å². The number of carbonyl (C=O) groups excluding carboxylic acids is 1. The molecule has 1 saturated heterocycles. The Balaban J connectivity index is 0.00000256. The molecular formula is C12H25ClN2O2. The van der Waals surface area contributed by atoms with Crippen LogP contribution in [0.25, 0.3) is 0 Å². The first-order chi connectivity index (χ1) is 7.75. The molecule has 1 amide bonds. The maximum atomic E-state index is 11.7. The Morgan fingerprint density at radius 1 is 1.47 bits per heavy atom. The first-order valence-electron chi connectivity index (χ1n) is 6.32. The molecule has 0 aliphatic carbocycles. The molecule has 1 fully saturated rings. The minimum absolute atomic E-state index is 0. The molecular weight excluding hydrogens is 240 g/mol. The van der Waals surface area contributed by atoms with E-state index in [0.29, 0.717) is 19.1 Å². The number of unbranched alkanes of at least 4 members (excludes halogenated alkanes) is 1. The summed E-state index contributed by atoms with van der Waals surface area (Å²) in [6.45, 7) is 8.14. The Morgan fingerprint density at radius 2 is 2.18 bits per heavy atom. The SMILES string of the molecule is CCCCOCCNC(=O)C(C)C1CNC1.Cl. The quantitative estimate of drug-likeness (QED) is 0.648. The van der Waals surface area contributed by atoms with Crippen LogP contribution in [0.1, 0.15) is 26.7 Å². The summed E-state index contributed by atoms with van der Waals surface area (Å²) in [5, 5.41) is 6.10. The molecule has 5 heteroatoms. The summed E-state index contributed by atoms with van der Waals surface area (Å²) in [4.78, 5) is 11.7. The van der Waals surface area contributed by atoms with Crippen LogP contribution in [0.15, 0.2) is 0 Å². The van der Waals surface area contributed by atoms with Crippen LogP contribution >= 0.6 is 12.4 Å². The summed E-state index contributed by atoms with van der Waals surface area (Å²) in [5.41, 5.74) is 0. The summed E-state index contributed by atoms with van der Waals surface area (Å²) in [5.74, 6) is 0.795. The Kier molecular flexibility index (Phi) is 9.50. The van der Waals surface area contributed by atoms with Gasteiger partial charge >= 0.3 is 0 Å². The average Bonchev–Trinajstić information content (AvgIpc) is 2.20. The lowest BCUT2D eigenvalue weighted by atomic mass is 9.88. The van der Waals surface area contributed by atoms with E-state index in [1.54, 1.807) is 0 Å². The van der Waals surface area contributed by atoms with Crippen molar-refractivity contribution in [2.24, 2.45) is 11.8 Å². The number of halogens is 1. The Morgan fingerprint density at radius 3 is 2.71 bits per heavy atom. The van der Waals surface area contributed by atoms with Gasteiger partial charge in [0.15, 0.2) is 0 Å². The predicted octanol–water partition coefficient (Wildman–Crippen LogP) is 1.20. The molecule has 1 heterocycles. The molecule has 0 spiro atoms. The van der Waals surface area contributed by atoms with E-state index in [1.165, 1.54) is 0 Å². The fourth-order valence-electron chi connectivity index (χ4n) is 1.63. The van der Waals surface area contributed by atoms with E-state index in [4.69, 9.17) is 4.74 Å². The Bertz CT molecular complexity index is 211. The zero-order chi connectivity index (χ0) is 11.8. The molecule has 0 saturated carbocycles. The Hall–Kier alpha value is -0.320. The number of hydrogen-bond acceptors (Lipinski definition) is 3. The van der Waals surface area contributed by atoms with Crippen molar-refractivity contribution in [2.45, 2.75) is 26.7 Å². The highest BCUT2D eigenvalue weighted by atomic mass is 35.5. The van der Waals surface area contributed by atoms with Gasteiger partial charge in [-0.1, -0.05) is 20.3 Å². The highest BCUT2D eigenvalue weighted by Gasteiger charge is 2.28. The normalized spacial score (nSPS) is 16.8. The Labute approximate surface area is 110 Å². The summed E-state index contributed by atoms with van der Waals surface area (Å²) in [6.07, 6.45) is 2.25. The van der Waals surface area contributed by atoms with E-state index < -0.39 is 0 Å². The van der Waals surface area contributed by atoms with E-state index in [1.807, 2.05) is 6.92 Å². The van der Waals surface area contributed by atoms with Gasteiger partial charge in [0.05, 0.1) is 6.61 Å². The van der Waals surface area contributed by atoms with Crippen molar-refractivity contribution in [1.82, 2.24) is 10.6 Å². The zero-order valence-electron chi connectivity index (χ0n) is 10.8. The van der Waals surface area contributed by atoms with E-state index in [2.05, 4.69) is 17.6 Å². The van der Waals surface area contributed by atoms with Gasteiger partial charge in [0, 0.05) is 19.1 Å². The second-order valence-electron chi connectivity index (χ2n) is 4.46. The molecule has 17 heavy (non-hydrogen) atoms. The summed E-state index contributed by atoms with van der Waals surface area (Å²) in [6, 6.07) is 0. The van der Waals surface area contributed by atoms with Gasteiger partial charge in [-0.3, -0.25) is 4.79 Å². The largest absolute Gasteiger partial charge is 0.380 e. The van der Waals surface area contributed by atoms with Crippen LogP contribution in [0.4, 0.5) is 0 Å². The molecule has 1 aliphatic heterocycles. The van der Waals surface area contributed by atoms with Gasteiger partial charge in [0.1, 0.15) is 0 Å². The van der Waals surface area contributed by atoms with Crippen molar-refractivity contribution in [2.75, 3.05) is 32.8 Å². The van der Waals surface area contributed by atoms with Crippen LogP contribution in [0.3, 0.4) is 0 Å². The number of carbonyl (C=O) groups is 1. The van der Waals surface area contributed by atoms with Crippen molar-refractivity contribution in [3.8, 4) is 0 Å². The molecule has 1 aliphatic rings. The lowest BCUT2D eigenvalue weighted by molar-refractivity contribution is -0.126. The number of rotatable bonds is 8. The van der Waals surface area contributed by atoms with E-state index in [0.717, 1.165) is 32.5 Å². The summed E-state index contributed by atoms with van der Waals surface area (Å²) in [7, 11) is 0. The van der Waals surface area contributed by atoms with E-state index >= 15 is 0 Å². The standard InChI is InChI=1S/C12H24N2O2.ClH/c1-3-4-6-16-7-5-14-12(15)10(2)11-8-13-9-11;/h10-11,13H,3-9H2,1-2H3,(H,14,15);1H. The minimum atomic E-state index is 0. The molecule has 0 aromatic heterocycles. The average molecular weight is 265 g/mol. The minimum Gasteiger partial charge on any atom is -0.380 e. The van der Waals surface area contributed by atoms with Crippen LogP contribution in [0.2, 0.25) is 0 Å². The highest BCUT2D eigenvalue weighted by Crippen LogP contribution is 2.15. The number of ether oxygens (including phenoxy) is 1. The van der Waals surface area contributed by atoms with Crippen LogP contribution in [0, 0.1) is 11.8 Å². The fraction of sp³-hybridized carbons (Fsp3) is 0.917. The molecule has 2 N–H and O–H groups in total. The molecule has 1 unspecified atom stereocenters. The van der Waals surface area contributed by atoms with Crippen molar-refractivity contribution >= 4 is 18.3 Å². The number of nitrogens with one attached hydrogen (secondary N) is 2. The van der Waals surface area contributed by atoms with Crippen LogP contribution in [0.5, 0.6) is 0 Å². The molecule has 0 bridgehead atoms. The first-order valence-corrected chi connectivity index (χ1v) is 6.32. The third kappa shape index (κ3) is 6.24.